The number of benzene rings is 2. The minimum absolute atomic E-state index is 0.613. The normalized spacial score (nSPS) is 10.4. The Bertz CT molecular complexity index is 587. The first-order chi connectivity index (χ1) is 10.2. The van der Waals surface area contributed by atoms with E-state index >= 15 is 0 Å². The van der Waals surface area contributed by atoms with E-state index < -0.39 is 0 Å². The second-order valence-corrected chi connectivity index (χ2v) is 5.75. The molecule has 4 heteroatoms. The fraction of sp³-hybridized carbons (Fsp3) is 0.294. The lowest BCUT2D eigenvalue weighted by Gasteiger charge is -2.12. The summed E-state index contributed by atoms with van der Waals surface area (Å²) in [5.74, 6) is 2.42. The van der Waals surface area contributed by atoms with Crippen LogP contribution in [-0.2, 0) is 0 Å². The Morgan fingerprint density at radius 1 is 1.05 bits per heavy atom. The zero-order valence-corrected chi connectivity index (χ0v) is 13.3. The van der Waals surface area contributed by atoms with Crippen LogP contribution < -0.4 is 15.2 Å². The zero-order valence-electron chi connectivity index (χ0n) is 12.5. The quantitative estimate of drug-likeness (QED) is 0.474. The van der Waals surface area contributed by atoms with Gasteiger partial charge in [-0.3, -0.25) is 0 Å². The van der Waals surface area contributed by atoms with Crippen molar-refractivity contribution < 1.29 is 9.47 Å². The summed E-state index contributed by atoms with van der Waals surface area (Å²) in [6.07, 6.45) is 0. The van der Waals surface area contributed by atoms with Crippen LogP contribution in [0.1, 0.15) is 12.5 Å². The molecule has 0 aromatic heterocycles. The smallest absolute Gasteiger partial charge is 0.161 e. The molecule has 0 aliphatic carbocycles. The summed E-state index contributed by atoms with van der Waals surface area (Å²) in [6.45, 7) is 5.28. The number of para-hydroxylation sites is 2. The molecule has 0 aliphatic heterocycles. The molecule has 3 nitrogen and oxygen atoms in total. The van der Waals surface area contributed by atoms with Crippen LogP contribution in [0.25, 0.3) is 0 Å². The molecule has 0 saturated heterocycles. The molecule has 112 valence electrons. The van der Waals surface area contributed by atoms with Gasteiger partial charge in [0.25, 0.3) is 0 Å². The van der Waals surface area contributed by atoms with Gasteiger partial charge < -0.3 is 15.2 Å². The van der Waals surface area contributed by atoms with E-state index in [1.165, 1.54) is 5.56 Å². The number of hydrogen-bond acceptors (Lipinski definition) is 4. The van der Waals surface area contributed by atoms with E-state index in [2.05, 4.69) is 13.0 Å². The highest BCUT2D eigenvalue weighted by Crippen LogP contribution is 2.28. The van der Waals surface area contributed by atoms with Gasteiger partial charge in [0.1, 0.15) is 0 Å². The molecule has 2 N–H and O–H groups in total. The monoisotopic (exact) mass is 303 g/mol. The summed E-state index contributed by atoms with van der Waals surface area (Å²) in [6, 6.07) is 13.8. The molecule has 0 heterocycles. The Balaban J connectivity index is 1.86. The van der Waals surface area contributed by atoms with Gasteiger partial charge in [-0.25, -0.2) is 0 Å². The summed E-state index contributed by atoms with van der Waals surface area (Å²) >= 11 is 1.71. The number of anilines is 1. The van der Waals surface area contributed by atoms with Crippen LogP contribution in [0, 0.1) is 6.92 Å². The topological polar surface area (TPSA) is 44.5 Å². The minimum atomic E-state index is 0.613. The Morgan fingerprint density at radius 3 is 2.48 bits per heavy atom. The Morgan fingerprint density at radius 2 is 1.76 bits per heavy atom. The predicted molar refractivity (Wildman–Crippen MR) is 89.4 cm³/mol. The number of hydrogen-bond donors (Lipinski definition) is 1. The first-order valence-electron chi connectivity index (χ1n) is 7.04. The van der Waals surface area contributed by atoms with Gasteiger partial charge in [0, 0.05) is 16.3 Å². The molecule has 0 atom stereocenters. The molecule has 0 unspecified atom stereocenters. The number of rotatable bonds is 7. The van der Waals surface area contributed by atoms with E-state index in [1.807, 2.05) is 43.3 Å². The Hall–Kier alpha value is -1.81. The van der Waals surface area contributed by atoms with Crippen molar-refractivity contribution in [2.75, 3.05) is 24.7 Å². The van der Waals surface area contributed by atoms with Crippen LogP contribution in [0.4, 0.5) is 5.69 Å². The van der Waals surface area contributed by atoms with Gasteiger partial charge in [0.05, 0.1) is 13.2 Å². The fourth-order valence-corrected chi connectivity index (χ4v) is 2.80. The number of ether oxygens (including phenoxy) is 2. The van der Waals surface area contributed by atoms with Crippen LogP contribution >= 0.6 is 11.8 Å². The minimum Gasteiger partial charge on any atom is -0.490 e. The molecule has 2 rings (SSSR count). The van der Waals surface area contributed by atoms with Crippen molar-refractivity contribution in [1.29, 1.82) is 0 Å². The first-order valence-corrected chi connectivity index (χ1v) is 8.03. The van der Waals surface area contributed by atoms with Gasteiger partial charge in [0.15, 0.2) is 11.5 Å². The van der Waals surface area contributed by atoms with Crippen molar-refractivity contribution in [3.05, 3.63) is 48.0 Å². The second kappa shape index (κ2) is 7.84. The van der Waals surface area contributed by atoms with E-state index in [0.29, 0.717) is 13.2 Å². The van der Waals surface area contributed by atoms with Crippen LogP contribution in [0.3, 0.4) is 0 Å². The number of thioether (sulfide) groups is 1. The van der Waals surface area contributed by atoms with E-state index in [0.717, 1.165) is 27.8 Å². The highest BCUT2D eigenvalue weighted by atomic mass is 32.2. The Kier molecular flexibility index (Phi) is 5.81. The van der Waals surface area contributed by atoms with E-state index in [9.17, 15) is 0 Å². The highest BCUT2D eigenvalue weighted by Gasteiger charge is 2.04. The van der Waals surface area contributed by atoms with Gasteiger partial charge >= 0.3 is 0 Å². The third kappa shape index (κ3) is 4.60. The molecule has 2 aromatic rings. The lowest BCUT2D eigenvalue weighted by molar-refractivity contribution is 0.289. The summed E-state index contributed by atoms with van der Waals surface area (Å²) in [4.78, 5) is 1.11. The van der Waals surface area contributed by atoms with Gasteiger partial charge in [-0.2, -0.15) is 0 Å². The molecule has 2 aromatic carbocycles. The molecule has 0 aliphatic rings. The van der Waals surface area contributed by atoms with Crippen molar-refractivity contribution in [3.8, 4) is 11.5 Å². The zero-order chi connectivity index (χ0) is 15.1. The van der Waals surface area contributed by atoms with Gasteiger partial charge in [0.2, 0.25) is 0 Å². The van der Waals surface area contributed by atoms with Crippen LogP contribution in [-0.4, -0.2) is 19.0 Å². The van der Waals surface area contributed by atoms with Gasteiger partial charge in [-0.05, 0) is 43.7 Å². The van der Waals surface area contributed by atoms with Crippen LogP contribution in [0.2, 0.25) is 0 Å². The molecule has 21 heavy (non-hydrogen) atoms. The molecular weight excluding hydrogens is 282 g/mol. The first kappa shape index (κ1) is 15.6. The predicted octanol–water partition coefficient (Wildman–Crippen LogP) is 4.15. The molecule has 0 amide bonds. The summed E-state index contributed by atoms with van der Waals surface area (Å²) in [5.41, 5.74) is 8.00. The Labute approximate surface area is 130 Å². The largest absolute Gasteiger partial charge is 0.490 e. The average Bonchev–Trinajstić information content (AvgIpc) is 2.49. The van der Waals surface area contributed by atoms with Crippen LogP contribution in [0.5, 0.6) is 11.5 Å². The van der Waals surface area contributed by atoms with Gasteiger partial charge in [-0.15, -0.1) is 11.8 Å². The van der Waals surface area contributed by atoms with Gasteiger partial charge in [-0.1, -0.05) is 18.2 Å². The molecular formula is C17H21NO2S. The molecule has 0 radical (unpaired) electrons. The SMILES string of the molecule is CCOc1ccccc1OCCSc1cc(C)ccc1N. The van der Waals surface area contributed by atoms with E-state index in [4.69, 9.17) is 15.2 Å². The maximum atomic E-state index is 5.96. The van der Waals surface area contributed by atoms with Crippen molar-refractivity contribution in [2.24, 2.45) is 0 Å². The maximum Gasteiger partial charge on any atom is 0.161 e. The third-order valence-corrected chi connectivity index (χ3v) is 3.95. The highest BCUT2D eigenvalue weighted by molar-refractivity contribution is 7.99. The van der Waals surface area contributed by atoms with E-state index in [-0.39, 0.29) is 0 Å². The lowest BCUT2D eigenvalue weighted by atomic mass is 10.2. The molecule has 0 bridgehead atoms. The van der Waals surface area contributed by atoms with E-state index in [1.54, 1.807) is 11.8 Å². The lowest BCUT2D eigenvalue weighted by Crippen LogP contribution is -2.03. The third-order valence-electron chi connectivity index (χ3n) is 2.92. The van der Waals surface area contributed by atoms with Crippen molar-refractivity contribution in [1.82, 2.24) is 0 Å². The number of nitrogen functional groups attached to an aromatic ring is 1. The number of aryl methyl sites for hydroxylation is 1. The van der Waals surface area contributed by atoms with Crippen LogP contribution in [0.15, 0.2) is 47.4 Å². The molecule has 0 fully saturated rings. The standard InChI is InChI=1S/C17H21NO2S/c1-3-19-15-6-4-5-7-16(15)20-10-11-21-17-12-13(2)8-9-14(17)18/h4-9,12H,3,10-11,18H2,1-2H3. The summed E-state index contributed by atoms with van der Waals surface area (Å²) in [5, 5.41) is 0. The maximum absolute atomic E-state index is 5.96. The van der Waals surface area contributed by atoms with Crippen molar-refractivity contribution in [3.63, 3.8) is 0 Å². The fourth-order valence-electron chi connectivity index (χ4n) is 1.91. The summed E-state index contributed by atoms with van der Waals surface area (Å²) < 4.78 is 11.3. The van der Waals surface area contributed by atoms with Crippen molar-refractivity contribution in [2.45, 2.75) is 18.7 Å². The number of nitrogens with two attached hydrogens (primary N) is 1. The van der Waals surface area contributed by atoms with Crippen molar-refractivity contribution >= 4 is 17.4 Å². The molecule has 0 saturated carbocycles. The molecule has 0 spiro atoms. The summed E-state index contributed by atoms with van der Waals surface area (Å²) in [7, 11) is 0. The second-order valence-electron chi connectivity index (χ2n) is 4.62. The average molecular weight is 303 g/mol.